The van der Waals surface area contributed by atoms with Crippen molar-refractivity contribution in [1.29, 1.82) is 0 Å². The lowest BCUT2D eigenvalue weighted by Crippen LogP contribution is -2.02. The van der Waals surface area contributed by atoms with Crippen LogP contribution in [0.1, 0.15) is 96.5 Å². The van der Waals surface area contributed by atoms with Crippen molar-refractivity contribution in [3.05, 3.63) is 27.3 Å². The molecular weight excluding hydrogens is 407 g/mol. The van der Waals surface area contributed by atoms with E-state index in [1.807, 2.05) is 0 Å². The second kappa shape index (κ2) is 15.0. The van der Waals surface area contributed by atoms with Gasteiger partial charge in [-0.1, -0.05) is 84.1 Å². The lowest BCUT2D eigenvalue weighted by atomic mass is 10.1. The molecule has 1 rings (SSSR count). The molecule has 2 heteroatoms. The van der Waals surface area contributed by atoms with Gasteiger partial charge in [0.2, 0.25) is 0 Å². The fraction of sp³-hybridized carbons (Fsp3) is 0.727. The summed E-state index contributed by atoms with van der Waals surface area (Å²) in [7, 11) is 0. The molecule has 0 saturated heterocycles. The minimum Gasteiger partial charge on any atom is -0.493 e. The van der Waals surface area contributed by atoms with Crippen molar-refractivity contribution in [2.45, 2.75) is 97.3 Å². The van der Waals surface area contributed by atoms with E-state index in [1.165, 1.54) is 86.2 Å². The van der Waals surface area contributed by atoms with Crippen molar-refractivity contribution >= 4 is 22.6 Å². The zero-order valence-electron chi connectivity index (χ0n) is 15.9. The Morgan fingerprint density at radius 2 is 1.33 bits per heavy atom. The Hall–Kier alpha value is -0.250. The average molecular weight is 444 g/mol. The van der Waals surface area contributed by atoms with Crippen LogP contribution in [-0.4, -0.2) is 6.61 Å². The average Bonchev–Trinajstić information content (AvgIpc) is 2.59. The highest BCUT2D eigenvalue weighted by Gasteiger charge is 2.07. The number of halogens is 1. The van der Waals surface area contributed by atoms with Crippen LogP contribution >= 0.6 is 22.6 Å². The summed E-state index contributed by atoms with van der Waals surface area (Å²) in [5.41, 5.74) is 1.42. The summed E-state index contributed by atoms with van der Waals surface area (Å²) < 4.78 is 7.47. The molecule has 0 bridgehead atoms. The number of unbranched alkanes of at least 4 members (excludes halogenated alkanes) is 10. The second-order valence-electron chi connectivity index (χ2n) is 6.85. The van der Waals surface area contributed by atoms with E-state index in [0.29, 0.717) is 0 Å². The van der Waals surface area contributed by atoms with E-state index in [9.17, 15) is 0 Å². The fourth-order valence-electron chi connectivity index (χ4n) is 3.06. The van der Waals surface area contributed by atoms with Gasteiger partial charge in [0.25, 0.3) is 0 Å². The van der Waals surface area contributed by atoms with Crippen LogP contribution in [0.3, 0.4) is 0 Å². The van der Waals surface area contributed by atoms with E-state index in [4.69, 9.17) is 4.74 Å². The zero-order chi connectivity index (χ0) is 17.5. The summed E-state index contributed by atoms with van der Waals surface area (Å²) in [6.45, 7) is 5.42. The van der Waals surface area contributed by atoms with Gasteiger partial charge < -0.3 is 4.74 Å². The van der Waals surface area contributed by atoms with Crippen LogP contribution in [0.2, 0.25) is 0 Å². The number of rotatable bonds is 15. The molecule has 0 N–H and O–H groups in total. The predicted octanol–water partition coefficient (Wildman–Crippen LogP) is 7.93. The van der Waals surface area contributed by atoms with Crippen LogP contribution in [0.15, 0.2) is 18.2 Å². The van der Waals surface area contributed by atoms with Gasteiger partial charge in [-0.05, 0) is 54.0 Å². The standard InChI is InChI=1S/C22H37IO/c1-3-5-7-9-10-11-12-14-19-24-22-18-15-17-21(23)20(22)16-13-8-6-4-2/h15,17-18H,3-14,16,19H2,1-2H3. The van der Waals surface area contributed by atoms with Crippen molar-refractivity contribution < 1.29 is 4.74 Å². The molecule has 1 aromatic rings. The SMILES string of the molecule is CCCCCCCCCCOc1cccc(I)c1CCCCCC. The molecule has 0 radical (unpaired) electrons. The van der Waals surface area contributed by atoms with Gasteiger partial charge in [0.15, 0.2) is 0 Å². The van der Waals surface area contributed by atoms with Crippen molar-refractivity contribution in [1.82, 2.24) is 0 Å². The van der Waals surface area contributed by atoms with E-state index >= 15 is 0 Å². The van der Waals surface area contributed by atoms with E-state index in [2.05, 4.69) is 54.6 Å². The van der Waals surface area contributed by atoms with Crippen LogP contribution < -0.4 is 4.74 Å². The van der Waals surface area contributed by atoms with Gasteiger partial charge in [-0.15, -0.1) is 0 Å². The van der Waals surface area contributed by atoms with Crippen molar-refractivity contribution in [3.8, 4) is 5.75 Å². The first kappa shape index (κ1) is 21.8. The molecule has 0 amide bonds. The van der Waals surface area contributed by atoms with Crippen molar-refractivity contribution in [2.24, 2.45) is 0 Å². The third-order valence-corrected chi connectivity index (χ3v) is 5.62. The topological polar surface area (TPSA) is 9.23 Å². The van der Waals surface area contributed by atoms with E-state index < -0.39 is 0 Å². The number of ether oxygens (including phenoxy) is 1. The smallest absolute Gasteiger partial charge is 0.123 e. The minimum atomic E-state index is 0.872. The van der Waals surface area contributed by atoms with Crippen molar-refractivity contribution in [2.75, 3.05) is 6.61 Å². The Bertz CT molecular complexity index is 416. The summed E-state index contributed by atoms with van der Waals surface area (Å²) in [6.07, 6.45) is 17.2. The summed E-state index contributed by atoms with van der Waals surface area (Å²) >= 11 is 2.46. The van der Waals surface area contributed by atoms with Gasteiger partial charge in [0, 0.05) is 9.13 Å². The quantitative estimate of drug-likeness (QED) is 0.197. The molecule has 0 atom stereocenters. The molecule has 0 aliphatic heterocycles. The molecule has 0 spiro atoms. The first-order valence-corrected chi connectivity index (χ1v) is 11.3. The van der Waals surface area contributed by atoms with E-state index in [1.54, 1.807) is 0 Å². The number of hydrogen-bond acceptors (Lipinski definition) is 1. The third-order valence-electron chi connectivity index (χ3n) is 4.61. The highest BCUT2D eigenvalue weighted by molar-refractivity contribution is 14.1. The lowest BCUT2D eigenvalue weighted by molar-refractivity contribution is 0.300. The second-order valence-corrected chi connectivity index (χ2v) is 8.01. The Kier molecular flexibility index (Phi) is 13.7. The number of benzene rings is 1. The van der Waals surface area contributed by atoms with Crippen LogP contribution in [0, 0.1) is 3.57 Å². The fourth-order valence-corrected chi connectivity index (χ4v) is 3.81. The van der Waals surface area contributed by atoms with Gasteiger partial charge in [0.05, 0.1) is 6.61 Å². The van der Waals surface area contributed by atoms with Gasteiger partial charge >= 0.3 is 0 Å². The lowest BCUT2D eigenvalue weighted by Gasteiger charge is -2.13. The minimum absolute atomic E-state index is 0.872. The highest BCUT2D eigenvalue weighted by Crippen LogP contribution is 2.26. The molecule has 1 aromatic carbocycles. The van der Waals surface area contributed by atoms with Crippen LogP contribution in [-0.2, 0) is 6.42 Å². The Balaban J connectivity index is 2.23. The molecule has 138 valence electrons. The van der Waals surface area contributed by atoms with E-state index in [0.717, 1.165) is 18.8 Å². The van der Waals surface area contributed by atoms with Gasteiger partial charge in [-0.25, -0.2) is 0 Å². The molecule has 0 fully saturated rings. The normalized spacial score (nSPS) is 11.0. The predicted molar refractivity (Wildman–Crippen MR) is 115 cm³/mol. The maximum Gasteiger partial charge on any atom is 0.123 e. The first-order chi connectivity index (χ1) is 11.8. The largest absolute Gasteiger partial charge is 0.493 e. The van der Waals surface area contributed by atoms with Gasteiger partial charge in [0.1, 0.15) is 5.75 Å². The van der Waals surface area contributed by atoms with Crippen LogP contribution in [0.4, 0.5) is 0 Å². The number of hydrogen-bond donors (Lipinski definition) is 0. The van der Waals surface area contributed by atoms with Crippen LogP contribution in [0.25, 0.3) is 0 Å². The molecule has 0 saturated carbocycles. The van der Waals surface area contributed by atoms with E-state index in [-0.39, 0.29) is 0 Å². The van der Waals surface area contributed by atoms with Gasteiger partial charge in [-0.3, -0.25) is 0 Å². The molecule has 24 heavy (non-hydrogen) atoms. The monoisotopic (exact) mass is 444 g/mol. The Labute approximate surface area is 164 Å². The maximum absolute atomic E-state index is 6.12. The summed E-state index contributed by atoms with van der Waals surface area (Å²) in [5.74, 6) is 1.13. The molecule has 0 aromatic heterocycles. The molecular formula is C22H37IO. The third kappa shape index (κ3) is 9.90. The molecule has 1 nitrogen and oxygen atoms in total. The van der Waals surface area contributed by atoms with Crippen molar-refractivity contribution in [3.63, 3.8) is 0 Å². The zero-order valence-corrected chi connectivity index (χ0v) is 18.1. The van der Waals surface area contributed by atoms with Gasteiger partial charge in [-0.2, -0.15) is 0 Å². The molecule has 0 unspecified atom stereocenters. The summed E-state index contributed by atoms with van der Waals surface area (Å²) in [6, 6.07) is 6.49. The first-order valence-electron chi connectivity index (χ1n) is 10.2. The summed E-state index contributed by atoms with van der Waals surface area (Å²) in [4.78, 5) is 0. The Morgan fingerprint density at radius 3 is 2.00 bits per heavy atom. The molecule has 0 aliphatic rings. The molecule has 0 heterocycles. The maximum atomic E-state index is 6.12. The Morgan fingerprint density at radius 1 is 0.750 bits per heavy atom. The summed E-state index contributed by atoms with van der Waals surface area (Å²) in [5, 5.41) is 0. The van der Waals surface area contributed by atoms with Crippen LogP contribution in [0.5, 0.6) is 5.75 Å². The molecule has 0 aliphatic carbocycles. The highest BCUT2D eigenvalue weighted by atomic mass is 127.